The van der Waals surface area contributed by atoms with Crippen molar-refractivity contribution in [1.29, 1.82) is 0 Å². The second-order valence-corrected chi connectivity index (χ2v) is 8.05. The molecule has 0 aromatic carbocycles. The van der Waals surface area contributed by atoms with Gasteiger partial charge >= 0.3 is 0 Å². The molecule has 0 spiro atoms. The van der Waals surface area contributed by atoms with Gasteiger partial charge in [-0.2, -0.15) is 10.1 Å². The number of aromatic nitrogens is 6. The van der Waals surface area contributed by atoms with Crippen molar-refractivity contribution in [3.63, 3.8) is 0 Å². The normalized spacial score (nSPS) is 15.7. The lowest BCUT2D eigenvalue weighted by Crippen LogP contribution is -2.24. The fourth-order valence-corrected chi connectivity index (χ4v) is 4.14. The highest BCUT2D eigenvalue weighted by atomic mass is 35.5. The van der Waals surface area contributed by atoms with E-state index in [0.29, 0.717) is 34.3 Å². The number of hydrogen-bond acceptors (Lipinski definition) is 9. The summed E-state index contributed by atoms with van der Waals surface area (Å²) in [5, 5.41) is 15.0. The van der Waals surface area contributed by atoms with E-state index in [-0.39, 0.29) is 6.04 Å². The van der Waals surface area contributed by atoms with E-state index in [1.54, 1.807) is 19.4 Å². The van der Waals surface area contributed by atoms with Gasteiger partial charge in [-0.05, 0) is 31.4 Å². The molecule has 1 saturated heterocycles. The van der Waals surface area contributed by atoms with E-state index < -0.39 is 0 Å². The number of methoxy groups -OCH3 is 1. The van der Waals surface area contributed by atoms with E-state index in [0.717, 1.165) is 42.8 Å². The second-order valence-electron chi connectivity index (χ2n) is 7.66. The van der Waals surface area contributed by atoms with E-state index in [9.17, 15) is 0 Å². The number of nitrogens with zero attached hydrogens (tertiary/aromatic N) is 6. The quantitative estimate of drug-likeness (QED) is 0.378. The number of H-pyrrole nitrogens is 1. The molecule has 11 heteroatoms. The van der Waals surface area contributed by atoms with E-state index in [2.05, 4.69) is 47.4 Å². The van der Waals surface area contributed by atoms with Crippen LogP contribution in [0.3, 0.4) is 0 Å². The van der Waals surface area contributed by atoms with Gasteiger partial charge in [0.25, 0.3) is 0 Å². The highest BCUT2D eigenvalue weighted by molar-refractivity contribution is 6.29. The minimum Gasteiger partial charge on any atom is -0.481 e. The largest absolute Gasteiger partial charge is 0.481 e. The first-order valence-corrected chi connectivity index (χ1v) is 11.1. The number of nitrogens with one attached hydrogen (secondary N) is 2. The topological polar surface area (TPSA) is 118 Å². The van der Waals surface area contributed by atoms with E-state index in [1.165, 1.54) is 0 Å². The molecule has 0 unspecified atom stereocenters. The molecule has 4 aromatic rings. The molecule has 5 heterocycles. The molecule has 0 saturated carbocycles. The molecule has 1 atom stereocenters. The Morgan fingerprint density at radius 3 is 3.00 bits per heavy atom. The average Bonchev–Trinajstić information content (AvgIpc) is 3.58. The molecular formula is C22H23ClN8O2. The van der Waals surface area contributed by atoms with Gasteiger partial charge in [0.2, 0.25) is 11.8 Å². The van der Waals surface area contributed by atoms with Gasteiger partial charge in [-0.25, -0.2) is 9.97 Å². The van der Waals surface area contributed by atoms with Crippen LogP contribution >= 0.6 is 11.6 Å². The van der Waals surface area contributed by atoms with Crippen LogP contribution in [-0.2, 0) is 6.42 Å². The van der Waals surface area contributed by atoms with Crippen LogP contribution in [0, 0.1) is 0 Å². The van der Waals surface area contributed by atoms with Crippen LogP contribution in [0.1, 0.15) is 37.3 Å². The number of hydrogen-bond donors (Lipinski definition) is 2. The SMILES string of the molecule is CCc1cc(Nc2cc(Cl)nc(N3CCC[C@H]3c3cc(-c4cccnc4OC)no3)n2)n[nH]1. The minimum atomic E-state index is -0.0580. The maximum absolute atomic E-state index is 6.34. The zero-order valence-corrected chi connectivity index (χ0v) is 19.0. The monoisotopic (exact) mass is 466 g/mol. The molecule has 0 aliphatic carbocycles. The summed E-state index contributed by atoms with van der Waals surface area (Å²) in [6, 6.07) is 9.22. The first-order chi connectivity index (χ1) is 16.1. The lowest BCUT2D eigenvalue weighted by Gasteiger charge is -2.23. The van der Waals surface area contributed by atoms with Crippen molar-refractivity contribution >= 4 is 29.2 Å². The van der Waals surface area contributed by atoms with Gasteiger partial charge < -0.3 is 19.5 Å². The first-order valence-electron chi connectivity index (χ1n) is 10.7. The Labute approximate surface area is 195 Å². The zero-order valence-electron chi connectivity index (χ0n) is 18.2. The maximum atomic E-state index is 6.34. The molecule has 1 aliphatic rings. The van der Waals surface area contributed by atoms with Crippen molar-refractivity contribution in [2.45, 2.75) is 32.2 Å². The van der Waals surface area contributed by atoms with Crippen LogP contribution in [0.5, 0.6) is 5.88 Å². The van der Waals surface area contributed by atoms with Crippen LogP contribution in [0.4, 0.5) is 17.6 Å². The van der Waals surface area contributed by atoms with Gasteiger partial charge in [-0.1, -0.05) is 23.7 Å². The van der Waals surface area contributed by atoms with Crippen molar-refractivity contribution in [2.75, 3.05) is 23.9 Å². The second kappa shape index (κ2) is 9.07. The summed E-state index contributed by atoms with van der Waals surface area (Å²) >= 11 is 6.34. The summed E-state index contributed by atoms with van der Waals surface area (Å²) < 4.78 is 11.1. The molecule has 33 heavy (non-hydrogen) atoms. The summed E-state index contributed by atoms with van der Waals surface area (Å²) in [7, 11) is 1.58. The van der Waals surface area contributed by atoms with Crippen LogP contribution in [-0.4, -0.2) is 44.0 Å². The third-order valence-corrected chi connectivity index (χ3v) is 5.75. The molecule has 0 amide bonds. The Bertz CT molecular complexity index is 1260. The fourth-order valence-electron chi connectivity index (χ4n) is 3.96. The molecule has 10 nitrogen and oxygen atoms in total. The Morgan fingerprint density at radius 1 is 1.27 bits per heavy atom. The third kappa shape index (κ3) is 4.34. The smallest absolute Gasteiger partial charge is 0.229 e. The third-order valence-electron chi connectivity index (χ3n) is 5.56. The minimum absolute atomic E-state index is 0.0580. The van der Waals surface area contributed by atoms with Crippen LogP contribution in [0.15, 0.2) is 41.1 Å². The van der Waals surface area contributed by atoms with Crippen molar-refractivity contribution in [3.05, 3.63) is 53.1 Å². The Kier molecular flexibility index (Phi) is 5.82. The van der Waals surface area contributed by atoms with Crippen molar-refractivity contribution in [1.82, 2.24) is 30.3 Å². The molecule has 5 rings (SSSR count). The highest BCUT2D eigenvalue weighted by Gasteiger charge is 2.32. The van der Waals surface area contributed by atoms with Gasteiger partial charge in [0, 0.05) is 36.6 Å². The van der Waals surface area contributed by atoms with E-state index in [1.807, 2.05) is 24.3 Å². The van der Waals surface area contributed by atoms with Crippen LogP contribution in [0.2, 0.25) is 5.15 Å². The van der Waals surface area contributed by atoms with Crippen LogP contribution < -0.4 is 15.0 Å². The van der Waals surface area contributed by atoms with E-state index in [4.69, 9.17) is 20.9 Å². The number of aromatic amines is 1. The molecule has 4 aromatic heterocycles. The van der Waals surface area contributed by atoms with Gasteiger partial charge in [0.05, 0.1) is 18.7 Å². The molecule has 170 valence electrons. The number of ether oxygens (including phenoxy) is 1. The maximum Gasteiger partial charge on any atom is 0.229 e. The number of anilines is 3. The molecular weight excluding hydrogens is 444 g/mol. The summed E-state index contributed by atoms with van der Waals surface area (Å²) in [5.41, 5.74) is 2.47. The first kappa shape index (κ1) is 21.2. The zero-order chi connectivity index (χ0) is 22.8. The molecule has 0 bridgehead atoms. The summed E-state index contributed by atoms with van der Waals surface area (Å²) in [4.78, 5) is 15.5. The van der Waals surface area contributed by atoms with Gasteiger partial charge in [0.15, 0.2) is 11.6 Å². The standard InChI is InChI=1S/C22H23ClN8O2/c1-3-13-10-20(29-28-13)26-19-12-18(23)25-22(27-19)31-9-5-7-16(31)17-11-15(30-33-17)14-6-4-8-24-21(14)32-2/h4,6,8,10-12,16H,3,5,7,9H2,1-2H3,(H2,25,26,27,28,29)/t16-/m0/s1. The number of halogens is 1. The summed E-state index contributed by atoms with van der Waals surface area (Å²) in [6.45, 7) is 2.84. The van der Waals surface area contributed by atoms with Crippen molar-refractivity contribution in [3.8, 4) is 17.1 Å². The predicted octanol–water partition coefficient (Wildman–Crippen LogP) is 4.56. The van der Waals surface area contributed by atoms with Gasteiger partial charge in [0.1, 0.15) is 16.7 Å². The molecule has 1 aliphatic heterocycles. The predicted molar refractivity (Wildman–Crippen MR) is 124 cm³/mol. The molecule has 1 fully saturated rings. The fraction of sp³-hybridized carbons (Fsp3) is 0.318. The van der Waals surface area contributed by atoms with Gasteiger partial charge in [-0.3, -0.25) is 5.10 Å². The lowest BCUT2D eigenvalue weighted by molar-refractivity contribution is 0.361. The summed E-state index contributed by atoms with van der Waals surface area (Å²) in [6.07, 6.45) is 4.39. The number of rotatable bonds is 7. The lowest BCUT2D eigenvalue weighted by atomic mass is 10.1. The van der Waals surface area contributed by atoms with Gasteiger partial charge in [-0.15, -0.1) is 0 Å². The summed E-state index contributed by atoms with van der Waals surface area (Å²) in [5.74, 6) is 3.00. The van der Waals surface area contributed by atoms with Crippen molar-refractivity contribution in [2.24, 2.45) is 0 Å². The number of pyridine rings is 1. The molecule has 2 N–H and O–H groups in total. The average molecular weight is 467 g/mol. The van der Waals surface area contributed by atoms with Crippen molar-refractivity contribution < 1.29 is 9.26 Å². The highest BCUT2D eigenvalue weighted by Crippen LogP contribution is 2.38. The Morgan fingerprint density at radius 2 is 2.18 bits per heavy atom. The van der Waals surface area contributed by atoms with Crippen LogP contribution in [0.25, 0.3) is 11.3 Å². The molecule has 0 radical (unpaired) electrons. The Balaban J connectivity index is 1.41. The number of aryl methyl sites for hydroxylation is 1. The Hall–Kier alpha value is -3.66. The van der Waals surface area contributed by atoms with E-state index >= 15 is 0 Å².